The molecule has 2 atom stereocenters. The van der Waals surface area contributed by atoms with E-state index in [0.717, 1.165) is 15.8 Å². The molecule has 1 saturated heterocycles. The quantitative estimate of drug-likeness (QED) is 0.888. The highest BCUT2D eigenvalue weighted by atomic mass is 79.9. The number of ether oxygens (including phenoxy) is 1. The van der Waals surface area contributed by atoms with Crippen molar-refractivity contribution in [1.29, 1.82) is 0 Å². The molecule has 1 aromatic heterocycles. The van der Waals surface area contributed by atoms with Gasteiger partial charge < -0.3 is 19.7 Å². The molecule has 0 bridgehead atoms. The molecule has 20 heavy (non-hydrogen) atoms. The lowest BCUT2D eigenvalue weighted by Crippen LogP contribution is -2.15. The molecule has 7 heteroatoms. The number of hydrogen-bond acceptors (Lipinski definition) is 6. The van der Waals surface area contributed by atoms with Crippen LogP contribution >= 0.6 is 15.9 Å². The zero-order valence-electron chi connectivity index (χ0n) is 10.8. The highest BCUT2D eigenvalue weighted by molar-refractivity contribution is 9.10. The predicted octanol–water partition coefficient (Wildman–Crippen LogP) is 1.90. The van der Waals surface area contributed by atoms with Crippen LogP contribution in [0, 0.1) is 0 Å². The molecule has 1 aliphatic heterocycles. The number of nitrogens with zero attached hydrogens (tertiary/aromatic N) is 2. The van der Waals surface area contributed by atoms with Gasteiger partial charge in [-0.15, -0.1) is 0 Å². The van der Waals surface area contributed by atoms with E-state index in [9.17, 15) is 5.11 Å². The summed E-state index contributed by atoms with van der Waals surface area (Å²) in [5.41, 5.74) is 0.839. The minimum Gasteiger partial charge on any atom is -0.496 e. The smallest absolute Gasteiger partial charge is 0.244 e. The summed E-state index contributed by atoms with van der Waals surface area (Å²) in [6.45, 7) is 0.552. The van der Waals surface area contributed by atoms with Crippen molar-refractivity contribution in [1.82, 2.24) is 15.5 Å². The standard InChI is InChI=1S/C13H14BrN3O3/c1-19-11-3-2-7(4-9(11)14)12-16-13(20-17-12)10-5-8(18)6-15-10/h2-4,8,10,15,18H,5-6H2,1H3/t8-,10+/m0/s1. The first-order valence-electron chi connectivity index (χ1n) is 6.26. The lowest BCUT2D eigenvalue weighted by molar-refractivity contribution is 0.191. The third kappa shape index (κ3) is 2.56. The maximum absolute atomic E-state index is 9.51. The number of nitrogens with one attached hydrogen (secondary N) is 1. The Hall–Kier alpha value is -1.44. The third-order valence-corrected chi connectivity index (χ3v) is 3.88. The Morgan fingerprint density at radius 2 is 2.35 bits per heavy atom. The molecular formula is C13H14BrN3O3. The molecule has 0 amide bonds. The molecule has 0 radical (unpaired) electrons. The summed E-state index contributed by atoms with van der Waals surface area (Å²) in [4.78, 5) is 4.38. The van der Waals surface area contributed by atoms with Crippen LogP contribution in [0.4, 0.5) is 0 Å². The van der Waals surface area contributed by atoms with E-state index in [1.54, 1.807) is 7.11 Å². The lowest BCUT2D eigenvalue weighted by Gasteiger charge is -2.03. The normalized spacial score (nSPS) is 22.1. The maximum Gasteiger partial charge on any atom is 0.244 e. The summed E-state index contributed by atoms with van der Waals surface area (Å²) >= 11 is 3.43. The van der Waals surface area contributed by atoms with E-state index >= 15 is 0 Å². The van der Waals surface area contributed by atoms with Gasteiger partial charge in [-0.05, 0) is 40.5 Å². The van der Waals surface area contributed by atoms with Crippen molar-refractivity contribution in [3.63, 3.8) is 0 Å². The Labute approximate surface area is 124 Å². The molecule has 0 unspecified atom stereocenters. The van der Waals surface area contributed by atoms with E-state index in [0.29, 0.717) is 24.7 Å². The Balaban J connectivity index is 1.84. The van der Waals surface area contributed by atoms with Crippen LogP contribution in [0.3, 0.4) is 0 Å². The average molecular weight is 340 g/mol. The lowest BCUT2D eigenvalue weighted by atomic mass is 10.2. The molecule has 2 heterocycles. The van der Waals surface area contributed by atoms with Gasteiger partial charge in [0.2, 0.25) is 11.7 Å². The number of aliphatic hydroxyl groups is 1. The first-order valence-corrected chi connectivity index (χ1v) is 7.05. The Morgan fingerprint density at radius 3 is 3.00 bits per heavy atom. The van der Waals surface area contributed by atoms with Crippen LogP contribution in [0.2, 0.25) is 0 Å². The van der Waals surface area contributed by atoms with Gasteiger partial charge in [0.05, 0.1) is 23.7 Å². The van der Waals surface area contributed by atoms with Gasteiger partial charge in [0.1, 0.15) is 5.75 Å². The summed E-state index contributed by atoms with van der Waals surface area (Å²) in [7, 11) is 1.61. The van der Waals surface area contributed by atoms with Gasteiger partial charge in [-0.3, -0.25) is 0 Å². The fourth-order valence-corrected chi connectivity index (χ4v) is 2.75. The topological polar surface area (TPSA) is 80.4 Å². The van der Waals surface area contributed by atoms with Gasteiger partial charge >= 0.3 is 0 Å². The first kappa shape index (κ1) is 13.5. The fourth-order valence-electron chi connectivity index (χ4n) is 2.20. The maximum atomic E-state index is 9.51. The zero-order valence-corrected chi connectivity index (χ0v) is 12.4. The molecule has 0 saturated carbocycles. The number of rotatable bonds is 3. The monoisotopic (exact) mass is 339 g/mol. The van der Waals surface area contributed by atoms with Gasteiger partial charge in [0, 0.05) is 12.1 Å². The Bertz CT molecular complexity index is 617. The molecule has 3 rings (SSSR count). The first-order chi connectivity index (χ1) is 9.67. The third-order valence-electron chi connectivity index (χ3n) is 3.26. The van der Waals surface area contributed by atoms with Crippen LogP contribution in [-0.4, -0.2) is 35.0 Å². The zero-order chi connectivity index (χ0) is 14.1. The van der Waals surface area contributed by atoms with E-state index in [1.807, 2.05) is 18.2 Å². The van der Waals surface area contributed by atoms with Crippen LogP contribution in [0.1, 0.15) is 18.4 Å². The molecular weight excluding hydrogens is 326 g/mol. The number of methoxy groups -OCH3 is 1. The fraction of sp³-hybridized carbons (Fsp3) is 0.385. The van der Waals surface area contributed by atoms with Crippen molar-refractivity contribution in [3.05, 3.63) is 28.6 Å². The van der Waals surface area contributed by atoms with Crippen LogP contribution in [0.25, 0.3) is 11.4 Å². The minimum absolute atomic E-state index is 0.0760. The molecule has 2 N–H and O–H groups in total. The molecule has 1 fully saturated rings. The van der Waals surface area contributed by atoms with Crippen LogP contribution < -0.4 is 10.1 Å². The number of β-amino-alcohol motifs (C(OH)–C–C–N with tert-alkyl or cyclic N) is 1. The second-order valence-electron chi connectivity index (χ2n) is 4.66. The number of benzene rings is 1. The highest BCUT2D eigenvalue weighted by Crippen LogP contribution is 2.30. The van der Waals surface area contributed by atoms with Crippen LogP contribution in [0.5, 0.6) is 5.75 Å². The van der Waals surface area contributed by atoms with Crippen molar-refractivity contribution in [2.24, 2.45) is 0 Å². The summed E-state index contributed by atoms with van der Waals surface area (Å²) in [6.07, 6.45) is 0.235. The second-order valence-corrected chi connectivity index (χ2v) is 5.51. The van der Waals surface area contributed by atoms with Crippen molar-refractivity contribution in [2.45, 2.75) is 18.6 Å². The van der Waals surface area contributed by atoms with Crippen LogP contribution in [-0.2, 0) is 0 Å². The van der Waals surface area contributed by atoms with Gasteiger partial charge in [-0.2, -0.15) is 4.98 Å². The summed E-state index contributed by atoms with van der Waals surface area (Å²) in [5, 5.41) is 16.6. The van der Waals surface area contributed by atoms with Gasteiger partial charge in [0.15, 0.2) is 0 Å². The largest absolute Gasteiger partial charge is 0.496 e. The molecule has 1 aromatic carbocycles. The number of hydrogen-bond donors (Lipinski definition) is 2. The number of halogens is 1. The summed E-state index contributed by atoms with van der Waals surface area (Å²) in [6, 6.07) is 5.51. The van der Waals surface area contributed by atoms with E-state index in [4.69, 9.17) is 9.26 Å². The Morgan fingerprint density at radius 1 is 1.50 bits per heavy atom. The van der Waals surface area contributed by atoms with E-state index in [-0.39, 0.29) is 12.1 Å². The molecule has 0 spiro atoms. The van der Waals surface area contributed by atoms with Crippen molar-refractivity contribution < 1.29 is 14.4 Å². The summed E-state index contributed by atoms with van der Waals surface area (Å²) in [5.74, 6) is 1.77. The highest BCUT2D eigenvalue weighted by Gasteiger charge is 2.28. The minimum atomic E-state index is -0.356. The SMILES string of the molecule is COc1ccc(-c2noc([C@H]3C[C@H](O)CN3)n2)cc1Br. The van der Waals surface area contributed by atoms with Gasteiger partial charge in [0.25, 0.3) is 0 Å². The van der Waals surface area contributed by atoms with Gasteiger partial charge in [-0.25, -0.2) is 0 Å². The van der Waals surface area contributed by atoms with Crippen LogP contribution in [0.15, 0.2) is 27.2 Å². The van der Waals surface area contributed by atoms with E-state index in [2.05, 4.69) is 31.4 Å². The number of aromatic nitrogens is 2. The predicted molar refractivity (Wildman–Crippen MR) is 75.4 cm³/mol. The van der Waals surface area contributed by atoms with E-state index < -0.39 is 0 Å². The van der Waals surface area contributed by atoms with Gasteiger partial charge in [-0.1, -0.05) is 5.16 Å². The average Bonchev–Trinajstić information content (AvgIpc) is 3.07. The van der Waals surface area contributed by atoms with Crippen molar-refractivity contribution in [3.8, 4) is 17.1 Å². The molecule has 6 nitrogen and oxygen atoms in total. The molecule has 1 aliphatic rings. The number of aliphatic hydroxyl groups excluding tert-OH is 1. The van der Waals surface area contributed by atoms with E-state index in [1.165, 1.54) is 0 Å². The molecule has 0 aliphatic carbocycles. The molecule has 106 valence electrons. The Kier molecular flexibility index (Phi) is 3.73. The van der Waals surface area contributed by atoms with Crippen molar-refractivity contribution >= 4 is 15.9 Å². The second kappa shape index (κ2) is 5.51. The summed E-state index contributed by atoms with van der Waals surface area (Å²) < 4.78 is 11.3. The van der Waals surface area contributed by atoms with Crippen molar-refractivity contribution in [2.75, 3.05) is 13.7 Å². The molecule has 2 aromatic rings.